The monoisotopic (exact) mass is 334 g/mol. The SMILES string of the molecule is Cl.FCC[C@H](c1cccc(-c2ccccc2)c1)N1CCNCC1. The highest BCUT2D eigenvalue weighted by molar-refractivity contribution is 5.85. The molecule has 0 aliphatic carbocycles. The van der Waals surface area contributed by atoms with Crippen molar-refractivity contribution in [3.63, 3.8) is 0 Å². The highest BCUT2D eigenvalue weighted by Gasteiger charge is 2.22. The molecule has 0 bridgehead atoms. The Kier molecular flexibility index (Phi) is 7.03. The predicted molar refractivity (Wildman–Crippen MR) is 96.9 cm³/mol. The molecule has 124 valence electrons. The molecular formula is C19H24ClFN2. The molecule has 0 spiro atoms. The van der Waals surface area contributed by atoms with Crippen molar-refractivity contribution in [3.8, 4) is 11.1 Å². The van der Waals surface area contributed by atoms with E-state index in [4.69, 9.17) is 0 Å². The van der Waals surface area contributed by atoms with Gasteiger partial charge in [0.05, 0.1) is 6.67 Å². The quantitative estimate of drug-likeness (QED) is 0.886. The van der Waals surface area contributed by atoms with E-state index >= 15 is 0 Å². The lowest BCUT2D eigenvalue weighted by Gasteiger charge is -2.35. The Morgan fingerprint density at radius 3 is 2.35 bits per heavy atom. The van der Waals surface area contributed by atoms with Crippen molar-refractivity contribution in [1.29, 1.82) is 0 Å². The molecule has 1 saturated heterocycles. The summed E-state index contributed by atoms with van der Waals surface area (Å²) >= 11 is 0. The number of piperazine rings is 1. The highest BCUT2D eigenvalue weighted by Crippen LogP contribution is 2.29. The van der Waals surface area contributed by atoms with Crippen molar-refractivity contribution in [2.75, 3.05) is 32.9 Å². The van der Waals surface area contributed by atoms with Crippen LogP contribution in [0.2, 0.25) is 0 Å². The van der Waals surface area contributed by atoms with Crippen LogP contribution >= 0.6 is 12.4 Å². The van der Waals surface area contributed by atoms with Gasteiger partial charge in [-0.25, -0.2) is 0 Å². The smallest absolute Gasteiger partial charge is 0.0912 e. The Morgan fingerprint density at radius 1 is 0.957 bits per heavy atom. The molecule has 2 nitrogen and oxygen atoms in total. The van der Waals surface area contributed by atoms with E-state index in [0.717, 1.165) is 26.2 Å². The van der Waals surface area contributed by atoms with E-state index in [0.29, 0.717) is 6.42 Å². The molecule has 3 rings (SSSR count). The minimum Gasteiger partial charge on any atom is -0.314 e. The van der Waals surface area contributed by atoms with Gasteiger partial charge in [0.2, 0.25) is 0 Å². The predicted octanol–water partition coefficient (Wildman–Crippen LogP) is 4.08. The van der Waals surface area contributed by atoms with Crippen LogP contribution in [0.3, 0.4) is 0 Å². The fraction of sp³-hybridized carbons (Fsp3) is 0.368. The number of rotatable bonds is 5. The third-order valence-electron chi connectivity index (χ3n) is 4.35. The molecule has 2 aromatic carbocycles. The average Bonchev–Trinajstić information content (AvgIpc) is 2.61. The summed E-state index contributed by atoms with van der Waals surface area (Å²) in [6.07, 6.45) is 0.568. The summed E-state index contributed by atoms with van der Waals surface area (Å²) in [5.74, 6) is 0. The Balaban J connectivity index is 0.00000192. The molecule has 1 N–H and O–H groups in total. The maximum absolute atomic E-state index is 13.1. The number of nitrogens with zero attached hydrogens (tertiary/aromatic N) is 1. The summed E-state index contributed by atoms with van der Waals surface area (Å²) in [6, 6.07) is 19.1. The summed E-state index contributed by atoms with van der Waals surface area (Å²) in [7, 11) is 0. The first-order chi connectivity index (χ1) is 10.9. The molecule has 1 aliphatic heterocycles. The Hall–Kier alpha value is -1.42. The van der Waals surface area contributed by atoms with E-state index in [1.165, 1.54) is 16.7 Å². The molecule has 0 amide bonds. The fourth-order valence-electron chi connectivity index (χ4n) is 3.21. The van der Waals surface area contributed by atoms with E-state index in [1.54, 1.807) is 0 Å². The van der Waals surface area contributed by atoms with Gasteiger partial charge in [0, 0.05) is 32.2 Å². The molecule has 1 fully saturated rings. The second-order valence-electron chi connectivity index (χ2n) is 5.77. The molecule has 1 atom stereocenters. The van der Waals surface area contributed by atoms with Gasteiger partial charge >= 0.3 is 0 Å². The molecule has 2 aromatic rings. The van der Waals surface area contributed by atoms with Gasteiger partial charge in [-0.1, -0.05) is 48.5 Å². The van der Waals surface area contributed by atoms with Gasteiger partial charge in [0.1, 0.15) is 0 Å². The molecule has 0 aromatic heterocycles. The van der Waals surface area contributed by atoms with Crippen LogP contribution in [0.25, 0.3) is 11.1 Å². The molecule has 1 aliphatic rings. The third kappa shape index (κ3) is 4.54. The first-order valence-corrected chi connectivity index (χ1v) is 8.04. The van der Waals surface area contributed by atoms with E-state index < -0.39 is 0 Å². The summed E-state index contributed by atoms with van der Waals surface area (Å²) in [5.41, 5.74) is 3.64. The summed E-state index contributed by atoms with van der Waals surface area (Å²) in [4.78, 5) is 2.40. The van der Waals surface area contributed by atoms with Crippen LogP contribution in [0.5, 0.6) is 0 Å². The number of halogens is 2. The molecule has 1 heterocycles. The number of hydrogen-bond acceptors (Lipinski definition) is 2. The van der Waals surface area contributed by atoms with Crippen LogP contribution in [0, 0.1) is 0 Å². The van der Waals surface area contributed by atoms with Crippen molar-refractivity contribution in [3.05, 3.63) is 60.2 Å². The van der Waals surface area contributed by atoms with Gasteiger partial charge in [-0.2, -0.15) is 0 Å². The molecule has 0 radical (unpaired) electrons. The van der Waals surface area contributed by atoms with Gasteiger partial charge in [-0.05, 0) is 29.2 Å². The highest BCUT2D eigenvalue weighted by atomic mass is 35.5. The average molecular weight is 335 g/mol. The van der Waals surface area contributed by atoms with E-state index in [1.807, 2.05) is 6.07 Å². The fourth-order valence-corrected chi connectivity index (χ4v) is 3.21. The number of hydrogen-bond donors (Lipinski definition) is 1. The number of nitrogens with one attached hydrogen (secondary N) is 1. The van der Waals surface area contributed by atoms with Gasteiger partial charge in [-0.15, -0.1) is 12.4 Å². The maximum atomic E-state index is 13.1. The lowest BCUT2D eigenvalue weighted by Crippen LogP contribution is -2.45. The molecule has 23 heavy (non-hydrogen) atoms. The first-order valence-electron chi connectivity index (χ1n) is 8.04. The zero-order valence-corrected chi connectivity index (χ0v) is 14.1. The van der Waals surface area contributed by atoms with Crippen LogP contribution in [0.15, 0.2) is 54.6 Å². The van der Waals surface area contributed by atoms with Gasteiger partial charge in [0.25, 0.3) is 0 Å². The van der Waals surface area contributed by atoms with Crippen molar-refractivity contribution < 1.29 is 4.39 Å². The van der Waals surface area contributed by atoms with E-state index in [9.17, 15) is 4.39 Å². The minimum absolute atomic E-state index is 0. The first kappa shape index (κ1) is 17.9. The Labute approximate surface area is 144 Å². The lowest BCUT2D eigenvalue weighted by molar-refractivity contribution is 0.157. The summed E-state index contributed by atoms with van der Waals surface area (Å²) in [5, 5.41) is 3.36. The maximum Gasteiger partial charge on any atom is 0.0912 e. The Morgan fingerprint density at radius 2 is 1.65 bits per heavy atom. The second kappa shape index (κ2) is 9.02. The van der Waals surface area contributed by atoms with Crippen molar-refractivity contribution in [1.82, 2.24) is 10.2 Å². The second-order valence-corrected chi connectivity index (χ2v) is 5.77. The summed E-state index contributed by atoms with van der Waals surface area (Å²) in [6.45, 7) is 3.67. The third-order valence-corrected chi connectivity index (χ3v) is 4.35. The zero-order valence-electron chi connectivity index (χ0n) is 13.2. The van der Waals surface area contributed by atoms with Crippen LogP contribution < -0.4 is 5.32 Å². The Bertz CT molecular complexity index is 585. The van der Waals surface area contributed by atoms with Gasteiger partial charge in [0.15, 0.2) is 0 Å². The standard InChI is InChI=1S/C19H23FN2.ClH/c20-10-9-19(22-13-11-21-12-14-22)18-8-4-7-17(15-18)16-5-2-1-3-6-16;/h1-8,15,19,21H,9-14H2;1H/t19-;/m1./s1. The van der Waals surface area contributed by atoms with Gasteiger partial charge in [-0.3, -0.25) is 9.29 Å². The summed E-state index contributed by atoms with van der Waals surface area (Å²) < 4.78 is 13.1. The van der Waals surface area contributed by atoms with Crippen molar-refractivity contribution in [2.45, 2.75) is 12.5 Å². The van der Waals surface area contributed by atoms with Crippen molar-refractivity contribution >= 4 is 12.4 Å². The largest absolute Gasteiger partial charge is 0.314 e. The van der Waals surface area contributed by atoms with Crippen LogP contribution in [-0.2, 0) is 0 Å². The molecule has 0 unspecified atom stereocenters. The molecular weight excluding hydrogens is 311 g/mol. The number of benzene rings is 2. The van der Waals surface area contributed by atoms with Crippen LogP contribution in [0.1, 0.15) is 18.0 Å². The normalized spacial score (nSPS) is 16.6. The van der Waals surface area contributed by atoms with Crippen LogP contribution in [0.4, 0.5) is 4.39 Å². The minimum atomic E-state index is -0.274. The van der Waals surface area contributed by atoms with Crippen LogP contribution in [-0.4, -0.2) is 37.8 Å². The topological polar surface area (TPSA) is 15.3 Å². The lowest BCUT2D eigenvalue weighted by atomic mass is 9.96. The molecule has 0 saturated carbocycles. The van der Waals surface area contributed by atoms with E-state index in [2.05, 4.69) is 58.7 Å². The number of alkyl halides is 1. The molecule has 4 heteroatoms. The van der Waals surface area contributed by atoms with E-state index in [-0.39, 0.29) is 25.1 Å². The van der Waals surface area contributed by atoms with Crippen molar-refractivity contribution in [2.24, 2.45) is 0 Å². The zero-order chi connectivity index (χ0) is 15.2. The van der Waals surface area contributed by atoms with Gasteiger partial charge < -0.3 is 5.32 Å².